The minimum atomic E-state index is 0.371. The van der Waals surface area contributed by atoms with E-state index in [1.165, 1.54) is 44.9 Å². The third-order valence-electron chi connectivity index (χ3n) is 4.68. The van der Waals surface area contributed by atoms with Gasteiger partial charge in [-0.25, -0.2) is 0 Å². The molecule has 2 saturated carbocycles. The Morgan fingerprint density at radius 2 is 1.81 bits per heavy atom. The van der Waals surface area contributed by atoms with Crippen LogP contribution in [0.5, 0.6) is 0 Å². The van der Waals surface area contributed by atoms with Crippen LogP contribution in [-0.4, -0.2) is 23.8 Å². The maximum atomic E-state index is 9.31. The Morgan fingerprint density at radius 3 is 2.44 bits per heavy atom. The van der Waals surface area contributed by atoms with Gasteiger partial charge in [-0.3, -0.25) is 0 Å². The zero-order valence-corrected chi connectivity index (χ0v) is 10.8. The van der Waals surface area contributed by atoms with Crippen LogP contribution in [0.2, 0.25) is 0 Å². The van der Waals surface area contributed by atoms with Crippen molar-refractivity contribution in [3.63, 3.8) is 0 Å². The number of hydrogen-bond donors (Lipinski definition) is 2. The molecule has 0 amide bonds. The van der Waals surface area contributed by atoms with Crippen molar-refractivity contribution in [3.8, 4) is 0 Å². The lowest BCUT2D eigenvalue weighted by Crippen LogP contribution is -2.44. The lowest BCUT2D eigenvalue weighted by Gasteiger charge is -2.36. The van der Waals surface area contributed by atoms with E-state index in [-0.39, 0.29) is 0 Å². The van der Waals surface area contributed by atoms with Crippen molar-refractivity contribution in [1.29, 1.82) is 0 Å². The van der Waals surface area contributed by atoms with Gasteiger partial charge in [-0.05, 0) is 49.9 Å². The Balaban J connectivity index is 1.78. The van der Waals surface area contributed by atoms with Crippen LogP contribution in [0.25, 0.3) is 0 Å². The highest BCUT2D eigenvalue weighted by Gasteiger charge is 2.31. The molecule has 2 N–H and O–H groups in total. The molecule has 0 bridgehead atoms. The number of rotatable bonds is 3. The van der Waals surface area contributed by atoms with Crippen molar-refractivity contribution >= 4 is 0 Å². The molecule has 2 aliphatic carbocycles. The van der Waals surface area contributed by atoms with Gasteiger partial charge in [0.2, 0.25) is 0 Å². The second kappa shape index (κ2) is 5.05. The van der Waals surface area contributed by atoms with Gasteiger partial charge in [0.15, 0.2) is 0 Å². The van der Waals surface area contributed by atoms with E-state index in [1.807, 2.05) is 0 Å². The van der Waals surface area contributed by atoms with Crippen LogP contribution in [0.1, 0.15) is 58.8 Å². The van der Waals surface area contributed by atoms with E-state index in [1.54, 1.807) is 0 Å². The van der Waals surface area contributed by atoms with Gasteiger partial charge in [0.1, 0.15) is 0 Å². The molecule has 2 heteroatoms. The maximum Gasteiger partial charge on any atom is 0.0474 e. The summed E-state index contributed by atoms with van der Waals surface area (Å²) in [5, 5.41) is 13.1. The average Bonchev–Trinajstić information content (AvgIpc) is 2.68. The van der Waals surface area contributed by atoms with E-state index in [0.29, 0.717) is 30.0 Å². The van der Waals surface area contributed by atoms with E-state index in [0.717, 1.165) is 0 Å². The van der Waals surface area contributed by atoms with Crippen molar-refractivity contribution in [3.05, 3.63) is 0 Å². The van der Waals surface area contributed by atoms with Crippen molar-refractivity contribution in [2.75, 3.05) is 6.61 Å². The highest BCUT2D eigenvalue weighted by atomic mass is 16.3. The van der Waals surface area contributed by atoms with Crippen LogP contribution in [0, 0.1) is 11.3 Å². The molecule has 2 nitrogen and oxygen atoms in total. The normalized spacial score (nSPS) is 35.4. The molecule has 16 heavy (non-hydrogen) atoms. The summed E-state index contributed by atoms with van der Waals surface area (Å²) in [7, 11) is 0. The molecule has 0 aromatic carbocycles. The minimum Gasteiger partial charge on any atom is -0.396 e. The molecule has 0 aliphatic heterocycles. The fourth-order valence-corrected chi connectivity index (χ4v) is 3.34. The van der Waals surface area contributed by atoms with Crippen molar-refractivity contribution in [2.24, 2.45) is 11.3 Å². The summed E-state index contributed by atoms with van der Waals surface area (Å²) in [6.45, 7) is 5.14. The first-order valence-corrected chi connectivity index (χ1v) is 6.98. The minimum absolute atomic E-state index is 0.371. The predicted molar refractivity (Wildman–Crippen MR) is 67.4 cm³/mol. The summed E-state index contributed by atoms with van der Waals surface area (Å²) >= 11 is 0. The van der Waals surface area contributed by atoms with Crippen LogP contribution in [0.4, 0.5) is 0 Å². The standard InChI is InChI=1S/C14H27NO/c1-14(2)8-6-12(7-9-14)15-13-5-3-4-11(13)10-16/h11-13,15-16H,3-10H2,1-2H3. The van der Waals surface area contributed by atoms with Crippen LogP contribution in [0.3, 0.4) is 0 Å². The third kappa shape index (κ3) is 2.98. The molecule has 0 aromatic heterocycles. The smallest absolute Gasteiger partial charge is 0.0474 e. The molecule has 2 atom stereocenters. The molecule has 2 aliphatic rings. The topological polar surface area (TPSA) is 32.3 Å². The molecular formula is C14H27NO. The van der Waals surface area contributed by atoms with Crippen molar-refractivity contribution < 1.29 is 5.11 Å². The Morgan fingerprint density at radius 1 is 1.12 bits per heavy atom. The molecule has 0 saturated heterocycles. The summed E-state index contributed by atoms with van der Waals surface area (Å²) in [5.41, 5.74) is 0.560. The molecule has 0 aromatic rings. The first-order valence-electron chi connectivity index (χ1n) is 6.98. The number of nitrogens with one attached hydrogen (secondary N) is 1. The van der Waals surface area contributed by atoms with Crippen LogP contribution < -0.4 is 5.32 Å². The molecule has 0 heterocycles. The van der Waals surface area contributed by atoms with E-state index < -0.39 is 0 Å². The van der Waals surface area contributed by atoms with Gasteiger partial charge in [-0.15, -0.1) is 0 Å². The van der Waals surface area contributed by atoms with Crippen molar-refractivity contribution in [1.82, 2.24) is 5.32 Å². The van der Waals surface area contributed by atoms with Crippen molar-refractivity contribution in [2.45, 2.75) is 70.9 Å². The van der Waals surface area contributed by atoms with Gasteiger partial charge in [0, 0.05) is 18.7 Å². The molecule has 94 valence electrons. The summed E-state index contributed by atoms with van der Waals surface area (Å²) in [6, 6.07) is 1.31. The van der Waals surface area contributed by atoms with Crippen LogP contribution in [-0.2, 0) is 0 Å². The number of aliphatic hydroxyl groups excluding tert-OH is 1. The first kappa shape index (κ1) is 12.4. The second-order valence-electron chi connectivity index (χ2n) is 6.59. The van der Waals surface area contributed by atoms with E-state index in [2.05, 4.69) is 19.2 Å². The summed E-state index contributed by atoms with van der Waals surface area (Å²) in [4.78, 5) is 0. The highest BCUT2D eigenvalue weighted by molar-refractivity contribution is 4.89. The zero-order valence-electron chi connectivity index (χ0n) is 10.8. The third-order valence-corrected chi connectivity index (χ3v) is 4.68. The van der Waals surface area contributed by atoms with E-state index in [4.69, 9.17) is 0 Å². The quantitative estimate of drug-likeness (QED) is 0.774. The highest BCUT2D eigenvalue weighted by Crippen LogP contribution is 2.36. The molecule has 2 rings (SSSR count). The lowest BCUT2D eigenvalue weighted by molar-refractivity contribution is 0.167. The molecular weight excluding hydrogens is 198 g/mol. The Kier molecular flexibility index (Phi) is 3.91. The SMILES string of the molecule is CC1(C)CCC(NC2CCCC2CO)CC1. The fourth-order valence-electron chi connectivity index (χ4n) is 3.34. The molecule has 0 radical (unpaired) electrons. The molecule has 2 fully saturated rings. The van der Waals surface area contributed by atoms with Gasteiger partial charge < -0.3 is 10.4 Å². The predicted octanol–water partition coefficient (Wildman–Crippen LogP) is 2.71. The fraction of sp³-hybridized carbons (Fsp3) is 1.00. The Bertz CT molecular complexity index is 217. The van der Waals surface area contributed by atoms with E-state index >= 15 is 0 Å². The lowest BCUT2D eigenvalue weighted by atomic mass is 9.75. The second-order valence-corrected chi connectivity index (χ2v) is 6.59. The number of hydrogen-bond acceptors (Lipinski definition) is 2. The maximum absolute atomic E-state index is 9.31. The van der Waals surface area contributed by atoms with Crippen LogP contribution >= 0.6 is 0 Å². The van der Waals surface area contributed by atoms with Gasteiger partial charge >= 0.3 is 0 Å². The molecule has 0 spiro atoms. The van der Waals surface area contributed by atoms with Gasteiger partial charge in [-0.1, -0.05) is 20.3 Å². The van der Waals surface area contributed by atoms with Gasteiger partial charge in [0.25, 0.3) is 0 Å². The zero-order chi connectivity index (χ0) is 11.6. The molecule has 2 unspecified atom stereocenters. The monoisotopic (exact) mass is 225 g/mol. The number of aliphatic hydroxyl groups is 1. The van der Waals surface area contributed by atoms with Gasteiger partial charge in [0.05, 0.1) is 0 Å². The summed E-state index contributed by atoms with van der Waals surface area (Å²) < 4.78 is 0. The van der Waals surface area contributed by atoms with E-state index in [9.17, 15) is 5.11 Å². The first-order chi connectivity index (χ1) is 7.61. The van der Waals surface area contributed by atoms with Gasteiger partial charge in [-0.2, -0.15) is 0 Å². The largest absolute Gasteiger partial charge is 0.396 e. The Hall–Kier alpha value is -0.0800. The van der Waals surface area contributed by atoms with Crippen LogP contribution in [0.15, 0.2) is 0 Å². The average molecular weight is 225 g/mol. The summed E-state index contributed by atoms with van der Waals surface area (Å²) in [6.07, 6.45) is 9.12. The Labute approximate surface area is 99.8 Å². The summed E-state index contributed by atoms with van der Waals surface area (Å²) in [5.74, 6) is 0.523.